The second-order valence-corrected chi connectivity index (χ2v) is 10.7. The molecule has 30 heavy (non-hydrogen) atoms. The topological polar surface area (TPSA) is 63.2 Å². The lowest BCUT2D eigenvalue weighted by Crippen LogP contribution is -2.46. The third-order valence-corrected chi connectivity index (χ3v) is 5.56. The van der Waals surface area contributed by atoms with Crippen LogP contribution in [0, 0.1) is 0 Å². The first-order valence-corrected chi connectivity index (χ1v) is 11.2. The van der Waals surface area contributed by atoms with Crippen LogP contribution in [0.5, 0.6) is 0 Å². The molecule has 0 radical (unpaired) electrons. The van der Waals surface area contributed by atoms with Gasteiger partial charge in [0.1, 0.15) is 5.82 Å². The highest BCUT2D eigenvalue weighted by atomic mass is 79.9. The van der Waals surface area contributed by atoms with E-state index in [9.17, 15) is 4.79 Å². The van der Waals surface area contributed by atoms with Gasteiger partial charge in [-0.1, -0.05) is 15.9 Å². The largest absolute Gasteiger partial charge is 0.375 e. The highest BCUT2D eigenvalue weighted by molar-refractivity contribution is 9.10. The van der Waals surface area contributed by atoms with Crippen molar-refractivity contribution in [3.05, 3.63) is 39.9 Å². The minimum atomic E-state index is -0.201. The van der Waals surface area contributed by atoms with Crippen molar-refractivity contribution in [2.24, 2.45) is 0 Å². The summed E-state index contributed by atoms with van der Waals surface area (Å²) in [6, 6.07) is 8.23. The van der Waals surface area contributed by atoms with Crippen molar-refractivity contribution in [2.45, 2.75) is 71.6 Å². The SMILES string of the molecule is C/C(=C\c1cc2cc(Br)ccc2nc1NC(C)(C)C)C(=O)NC1CCOC(C)(C)C1. The van der Waals surface area contributed by atoms with E-state index in [0.29, 0.717) is 12.2 Å². The van der Waals surface area contributed by atoms with Gasteiger partial charge in [0, 0.05) is 39.2 Å². The number of benzene rings is 1. The Morgan fingerprint density at radius 3 is 2.70 bits per heavy atom. The molecule has 6 heteroatoms. The summed E-state index contributed by atoms with van der Waals surface area (Å²) in [5.74, 6) is 0.727. The molecule has 0 saturated carbocycles. The van der Waals surface area contributed by atoms with E-state index in [1.165, 1.54) is 0 Å². The Morgan fingerprint density at radius 2 is 2.03 bits per heavy atom. The first-order valence-electron chi connectivity index (χ1n) is 10.4. The molecule has 1 aromatic heterocycles. The van der Waals surface area contributed by atoms with Crippen LogP contribution < -0.4 is 10.6 Å². The van der Waals surface area contributed by atoms with Gasteiger partial charge in [0.2, 0.25) is 5.91 Å². The summed E-state index contributed by atoms with van der Waals surface area (Å²) in [5, 5.41) is 7.67. The van der Waals surface area contributed by atoms with E-state index in [0.717, 1.165) is 39.6 Å². The maximum Gasteiger partial charge on any atom is 0.247 e. The normalized spacial score (nSPS) is 19.6. The second-order valence-electron chi connectivity index (χ2n) is 9.74. The average molecular weight is 474 g/mol. The highest BCUT2D eigenvalue weighted by Crippen LogP contribution is 2.28. The van der Waals surface area contributed by atoms with Gasteiger partial charge in [-0.05, 0) is 84.7 Å². The van der Waals surface area contributed by atoms with Gasteiger partial charge in [0.25, 0.3) is 0 Å². The van der Waals surface area contributed by atoms with Crippen molar-refractivity contribution in [1.29, 1.82) is 0 Å². The minimum Gasteiger partial charge on any atom is -0.375 e. The number of nitrogens with one attached hydrogen (secondary N) is 2. The van der Waals surface area contributed by atoms with Crippen molar-refractivity contribution in [1.82, 2.24) is 10.3 Å². The van der Waals surface area contributed by atoms with Crippen molar-refractivity contribution in [3.8, 4) is 0 Å². The number of fused-ring (bicyclic) bond motifs is 1. The number of amides is 1. The van der Waals surface area contributed by atoms with Crippen molar-refractivity contribution in [2.75, 3.05) is 11.9 Å². The van der Waals surface area contributed by atoms with E-state index in [1.54, 1.807) is 0 Å². The molecule has 1 unspecified atom stereocenters. The number of hydrogen-bond donors (Lipinski definition) is 2. The number of pyridine rings is 1. The Kier molecular flexibility index (Phi) is 6.58. The molecule has 1 aliphatic heterocycles. The molecule has 5 nitrogen and oxygen atoms in total. The van der Waals surface area contributed by atoms with Gasteiger partial charge >= 0.3 is 0 Å². The summed E-state index contributed by atoms with van der Waals surface area (Å²) in [7, 11) is 0. The quantitative estimate of drug-likeness (QED) is 0.560. The zero-order valence-corrected chi connectivity index (χ0v) is 20.3. The molecule has 1 aliphatic rings. The number of rotatable bonds is 4. The van der Waals surface area contributed by atoms with Crippen LogP contribution in [0.2, 0.25) is 0 Å². The first kappa shape index (κ1) is 22.8. The van der Waals surface area contributed by atoms with Gasteiger partial charge in [-0.3, -0.25) is 4.79 Å². The molecule has 1 atom stereocenters. The van der Waals surface area contributed by atoms with Gasteiger partial charge in [-0.25, -0.2) is 4.98 Å². The first-order chi connectivity index (χ1) is 13.9. The van der Waals surface area contributed by atoms with E-state index in [-0.39, 0.29) is 23.1 Å². The number of aromatic nitrogens is 1. The number of ether oxygens (including phenoxy) is 1. The fourth-order valence-corrected chi connectivity index (χ4v) is 4.06. The summed E-state index contributed by atoms with van der Waals surface area (Å²) in [6.07, 6.45) is 3.57. The van der Waals surface area contributed by atoms with Crippen molar-refractivity contribution >= 4 is 44.6 Å². The summed E-state index contributed by atoms with van der Waals surface area (Å²) in [4.78, 5) is 17.7. The molecule has 0 bridgehead atoms. The third kappa shape index (κ3) is 6.05. The Hall–Kier alpha value is -1.92. The molecule has 0 aliphatic carbocycles. The van der Waals surface area contributed by atoms with Gasteiger partial charge in [-0.15, -0.1) is 0 Å². The molecule has 1 amide bonds. The lowest BCUT2D eigenvalue weighted by molar-refractivity contribution is -0.120. The molecule has 2 heterocycles. The predicted octanol–water partition coefficient (Wildman–Crippen LogP) is 5.68. The molecule has 162 valence electrons. The van der Waals surface area contributed by atoms with E-state index >= 15 is 0 Å². The molecule has 0 spiro atoms. The van der Waals surface area contributed by atoms with Crippen LogP contribution in [0.25, 0.3) is 17.0 Å². The van der Waals surface area contributed by atoms with Gasteiger partial charge < -0.3 is 15.4 Å². The van der Waals surface area contributed by atoms with Crippen molar-refractivity contribution in [3.63, 3.8) is 0 Å². The second kappa shape index (κ2) is 8.67. The van der Waals surface area contributed by atoms with Crippen LogP contribution in [-0.2, 0) is 9.53 Å². The number of halogens is 1. The van der Waals surface area contributed by atoms with E-state index in [1.807, 2.05) is 31.2 Å². The van der Waals surface area contributed by atoms with E-state index < -0.39 is 0 Å². The molecule has 1 aromatic carbocycles. The number of anilines is 1. The maximum absolute atomic E-state index is 12.9. The fraction of sp³-hybridized carbons (Fsp3) is 0.500. The lowest BCUT2D eigenvalue weighted by Gasteiger charge is -2.35. The number of hydrogen-bond acceptors (Lipinski definition) is 4. The summed E-state index contributed by atoms with van der Waals surface area (Å²) < 4.78 is 6.76. The predicted molar refractivity (Wildman–Crippen MR) is 128 cm³/mol. The maximum atomic E-state index is 12.9. The van der Waals surface area contributed by atoms with Gasteiger partial charge in [-0.2, -0.15) is 0 Å². The molecule has 2 N–H and O–H groups in total. The molecular weight excluding hydrogens is 442 g/mol. The molecule has 2 aromatic rings. The van der Waals surface area contributed by atoms with E-state index in [2.05, 4.69) is 67.2 Å². The Bertz CT molecular complexity index is 976. The number of carbonyl (C=O) groups is 1. The zero-order valence-electron chi connectivity index (χ0n) is 18.7. The third-order valence-electron chi connectivity index (χ3n) is 5.06. The van der Waals surface area contributed by atoms with Gasteiger partial charge in [0.05, 0.1) is 11.1 Å². The Morgan fingerprint density at radius 1 is 1.30 bits per heavy atom. The molecule has 3 rings (SSSR count). The van der Waals surface area contributed by atoms with Crippen LogP contribution in [-0.4, -0.2) is 34.7 Å². The standard InChI is InChI=1S/C24H32BrN3O2/c1-15(22(29)26-19-9-10-30-24(5,6)14-19)11-17-12-16-13-18(25)7-8-20(16)27-21(17)28-23(2,3)4/h7-8,11-13,19H,9-10,14H2,1-6H3,(H,26,29)(H,27,28)/b15-11+. The number of nitrogens with zero attached hydrogens (tertiary/aromatic N) is 1. The smallest absolute Gasteiger partial charge is 0.247 e. The average Bonchev–Trinajstić information content (AvgIpc) is 2.60. The fourth-order valence-electron chi connectivity index (χ4n) is 3.68. The highest BCUT2D eigenvalue weighted by Gasteiger charge is 2.29. The van der Waals surface area contributed by atoms with Crippen molar-refractivity contribution < 1.29 is 9.53 Å². The van der Waals surface area contributed by atoms with E-state index in [4.69, 9.17) is 9.72 Å². The summed E-state index contributed by atoms with van der Waals surface area (Å²) >= 11 is 3.53. The Labute approximate surface area is 187 Å². The molecule has 1 fully saturated rings. The van der Waals surface area contributed by atoms with Gasteiger partial charge in [0.15, 0.2) is 0 Å². The monoisotopic (exact) mass is 473 g/mol. The van der Waals surface area contributed by atoms with Crippen LogP contribution in [0.15, 0.2) is 34.3 Å². The Balaban J connectivity index is 1.90. The van der Waals surface area contributed by atoms with Crippen LogP contribution >= 0.6 is 15.9 Å². The summed E-state index contributed by atoms with van der Waals surface area (Å²) in [5.41, 5.74) is 2.12. The number of carbonyl (C=O) groups excluding carboxylic acids is 1. The molecular formula is C24H32BrN3O2. The lowest BCUT2D eigenvalue weighted by atomic mass is 9.93. The van der Waals surface area contributed by atoms with Crippen LogP contribution in [0.4, 0.5) is 5.82 Å². The minimum absolute atomic E-state index is 0.0475. The van der Waals surface area contributed by atoms with Crippen LogP contribution in [0.1, 0.15) is 59.9 Å². The zero-order chi connectivity index (χ0) is 22.1. The van der Waals surface area contributed by atoms with Crippen LogP contribution in [0.3, 0.4) is 0 Å². The summed E-state index contributed by atoms with van der Waals surface area (Å²) in [6.45, 7) is 12.9. The molecule has 1 saturated heterocycles.